The van der Waals surface area contributed by atoms with Gasteiger partial charge in [-0.25, -0.2) is 0 Å². The van der Waals surface area contributed by atoms with Crippen molar-refractivity contribution >= 4 is 50.9 Å². The summed E-state index contributed by atoms with van der Waals surface area (Å²) >= 11 is 10.8. The van der Waals surface area contributed by atoms with Gasteiger partial charge in [-0.3, -0.25) is 0 Å². The monoisotopic (exact) mass is 330 g/mol. The van der Waals surface area contributed by atoms with Crippen molar-refractivity contribution < 1.29 is 0 Å². The molecule has 17 heavy (non-hydrogen) atoms. The van der Waals surface area contributed by atoms with Gasteiger partial charge in [0, 0.05) is 11.0 Å². The predicted molar refractivity (Wildman–Crippen MR) is 82.4 cm³/mol. The minimum atomic E-state index is 0.819. The topological polar surface area (TPSA) is 20.7 Å². The van der Waals surface area contributed by atoms with E-state index < -0.39 is 0 Å². The van der Waals surface area contributed by atoms with Gasteiger partial charge in [-0.05, 0) is 48.3 Å². The molecule has 1 heterocycles. The van der Waals surface area contributed by atoms with Crippen molar-refractivity contribution in [1.29, 1.82) is 0 Å². The molecule has 0 aliphatic carbocycles. The number of hydrogen-bond acceptors (Lipinski definition) is 2. The van der Waals surface area contributed by atoms with Crippen LogP contribution < -0.4 is 0 Å². The van der Waals surface area contributed by atoms with E-state index in [9.17, 15) is 0 Å². The Morgan fingerprint density at radius 2 is 2.29 bits per heavy atom. The number of H-pyrrole nitrogens is 1. The Morgan fingerprint density at radius 3 is 3.06 bits per heavy atom. The van der Waals surface area contributed by atoms with E-state index in [1.807, 2.05) is 17.8 Å². The van der Waals surface area contributed by atoms with Crippen LogP contribution in [0.5, 0.6) is 0 Å². The van der Waals surface area contributed by atoms with Crippen molar-refractivity contribution in [2.75, 3.05) is 11.5 Å². The lowest BCUT2D eigenvalue weighted by molar-refractivity contribution is 0.694. The van der Waals surface area contributed by atoms with Crippen molar-refractivity contribution in [3.8, 4) is 0 Å². The Morgan fingerprint density at radius 1 is 1.47 bits per heavy atom. The van der Waals surface area contributed by atoms with Crippen molar-refractivity contribution in [3.05, 3.63) is 27.4 Å². The normalized spacial score (nSPS) is 11.2. The molecular formula is C12H15BrN2S2. The van der Waals surface area contributed by atoms with E-state index >= 15 is 0 Å². The smallest absolute Gasteiger partial charge is 0.178 e. The molecule has 1 N–H and O–H groups in total. The summed E-state index contributed by atoms with van der Waals surface area (Å²) < 4.78 is 4.10. The summed E-state index contributed by atoms with van der Waals surface area (Å²) in [6.07, 6.45) is 1.16. The zero-order chi connectivity index (χ0) is 12.3. The van der Waals surface area contributed by atoms with Crippen LogP contribution in [-0.2, 0) is 6.54 Å². The number of fused-ring (bicyclic) bond motifs is 1. The summed E-state index contributed by atoms with van der Waals surface area (Å²) in [5, 5.41) is 0. The van der Waals surface area contributed by atoms with Crippen molar-refractivity contribution in [2.45, 2.75) is 19.9 Å². The minimum absolute atomic E-state index is 0.819. The number of nitrogens with zero attached hydrogens (tertiary/aromatic N) is 1. The fourth-order valence-electron chi connectivity index (χ4n) is 1.82. The van der Waals surface area contributed by atoms with E-state index in [4.69, 9.17) is 12.2 Å². The Kier molecular flexibility index (Phi) is 4.70. The van der Waals surface area contributed by atoms with E-state index in [2.05, 4.69) is 44.5 Å². The summed E-state index contributed by atoms with van der Waals surface area (Å²) in [5.74, 6) is 2.38. The maximum Gasteiger partial charge on any atom is 0.178 e. The first-order valence-corrected chi connectivity index (χ1v) is 8.03. The molecular weight excluding hydrogens is 316 g/mol. The Labute approximate surface area is 119 Å². The largest absolute Gasteiger partial charge is 0.331 e. The van der Waals surface area contributed by atoms with Crippen LogP contribution in [0.2, 0.25) is 0 Å². The van der Waals surface area contributed by atoms with Crippen molar-refractivity contribution in [3.63, 3.8) is 0 Å². The number of nitrogens with one attached hydrogen (secondary N) is 1. The molecule has 1 aromatic heterocycles. The van der Waals surface area contributed by atoms with Gasteiger partial charge in [0.1, 0.15) is 0 Å². The number of thioether (sulfide) groups is 1. The van der Waals surface area contributed by atoms with Crippen LogP contribution >= 0.6 is 39.9 Å². The second kappa shape index (κ2) is 6.07. The molecule has 0 aliphatic rings. The molecule has 2 aromatic rings. The number of aromatic nitrogens is 2. The van der Waals surface area contributed by atoms with Gasteiger partial charge in [-0.1, -0.05) is 22.9 Å². The Bertz CT molecular complexity index is 559. The van der Waals surface area contributed by atoms with Gasteiger partial charge < -0.3 is 9.55 Å². The summed E-state index contributed by atoms with van der Waals surface area (Å²) in [7, 11) is 0. The fraction of sp³-hybridized carbons (Fsp3) is 0.417. The van der Waals surface area contributed by atoms with Crippen LogP contribution in [0.25, 0.3) is 11.0 Å². The van der Waals surface area contributed by atoms with Crippen LogP contribution in [0.3, 0.4) is 0 Å². The van der Waals surface area contributed by atoms with E-state index in [0.717, 1.165) is 27.7 Å². The van der Waals surface area contributed by atoms with Crippen LogP contribution in [0, 0.1) is 4.77 Å². The van der Waals surface area contributed by atoms with Crippen LogP contribution in [0.4, 0.5) is 0 Å². The van der Waals surface area contributed by atoms with E-state index in [1.165, 1.54) is 17.0 Å². The highest BCUT2D eigenvalue weighted by atomic mass is 79.9. The third kappa shape index (κ3) is 3.14. The Hall–Kier alpha value is -0.260. The molecule has 0 fully saturated rings. The number of hydrogen-bond donors (Lipinski definition) is 1. The van der Waals surface area contributed by atoms with Gasteiger partial charge >= 0.3 is 0 Å². The van der Waals surface area contributed by atoms with Crippen molar-refractivity contribution in [2.24, 2.45) is 0 Å². The maximum absolute atomic E-state index is 5.36. The van der Waals surface area contributed by atoms with Gasteiger partial charge in [-0.15, -0.1) is 0 Å². The maximum atomic E-state index is 5.36. The minimum Gasteiger partial charge on any atom is -0.331 e. The van der Waals surface area contributed by atoms with Gasteiger partial charge in [0.05, 0.1) is 11.0 Å². The van der Waals surface area contributed by atoms with Crippen LogP contribution in [0.15, 0.2) is 22.7 Å². The van der Waals surface area contributed by atoms with E-state index in [0.29, 0.717) is 0 Å². The lowest BCUT2D eigenvalue weighted by Crippen LogP contribution is -1.99. The van der Waals surface area contributed by atoms with E-state index in [-0.39, 0.29) is 0 Å². The molecule has 0 bridgehead atoms. The number of rotatable bonds is 5. The van der Waals surface area contributed by atoms with Crippen LogP contribution in [0.1, 0.15) is 13.3 Å². The number of aromatic amines is 1. The molecule has 0 atom stereocenters. The predicted octanol–water partition coefficient (Wildman–Crippen LogP) is 4.60. The summed E-state index contributed by atoms with van der Waals surface area (Å²) in [6, 6.07) is 6.21. The zero-order valence-electron chi connectivity index (χ0n) is 9.70. The van der Waals surface area contributed by atoms with Gasteiger partial charge in [-0.2, -0.15) is 11.8 Å². The molecule has 0 amide bonds. The summed E-state index contributed by atoms with van der Waals surface area (Å²) in [5.41, 5.74) is 2.30. The number of benzene rings is 1. The summed E-state index contributed by atoms with van der Waals surface area (Å²) in [4.78, 5) is 3.25. The second-order valence-electron chi connectivity index (χ2n) is 3.79. The molecule has 92 valence electrons. The van der Waals surface area contributed by atoms with E-state index in [1.54, 1.807) is 0 Å². The molecule has 0 aliphatic heterocycles. The summed E-state index contributed by atoms with van der Waals surface area (Å²) in [6.45, 7) is 3.18. The first kappa shape index (κ1) is 13.2. The van der Waals surface area contributed by atoms with Crippen LogP contribution in [-0.4, -0.2) is 21.1 Å². The fourth-order valence-corrected chi connectivity index (χ4v) is 3.09. The third-order valence-electron chi connectivity index (χ3n) is 2.61. The molecule has 0 radical (unpaired) electrons. The molecule has 0 saturated carbocycles. The number of halogens is 1. The molecule has 5 heteroatoms. The molecule has 0 unspecified atom stereocenters. The zero-order valence-corrected chi connectivity index (χ0v) is 12.9. The molecule has 2 nitrogen and oxygen atoms in total. The quantitative estimate of drug-likeness (QED) is 0.638. The average Bonchev–Trinajstić information content (AvgIpc) is 2.61. The Balaban J connectivity index is 2.23. The SMILES string of the molecule is CCSCCCn1c(=S)[nH]c2ccc(Br)cc21. The highest BCUT2D eigenvalue weighted by molar-refractivity contribution is 9.10. The molecule has 2 rings (SSSR count). The van der Waals surface area contributed by atoms with Gasteiger partial charge in [0.2, 0.25) is 0 Å². The molecule has 0 saturated heterocycles. The third-order valence-corrected chi connectivity index (χ3v) is 4.41. The lowest BCUT2D eigenvalue weighted by Gasteiger charge is -2.04. The van der Waals surface area contributed by atoms with Gasteiger partial charge in [0.15, 0.2) is 4.77 Å². The highest BCUT2D eigenvalue weighted by Gasteiger charge is 2.04. The number of aryl methyl sites for hydroxylation is 1. The molecule has 1 aromatic carbocycles. The second-order valence-corrected chi connectivity index (χ2v) is 6.49. The first-order chi connectivity index (χ1) is 8.22. The lowest BCUT2D eigenvalue weighted by atomic mass is 10.3. The van der Waals surface area contributed by atoms with Gasteiger partial charge in [0.25, 0.3) is 0 Å². The standard InChI is InChI=1S/C12H15BrN2S2/c1-2-17-7-3-6-15-11-8-9(13)4-5-10(11)14-12(15)16/h4-5,8H,2-3,6-7H2,1H3,(H,14,16). The number of imidazole rings is 1. The highest BCUT2D eigenvalue weighted by Crippen LogP contribution is 2.20. The first-order valence-electron chi connectivity index (χ1n) is 5.68. The molecule has 0 spiro atoms. The van der Waals surface area contributed by atoms with Crippen molar-refractivity contribution in [1.82, 2.24) is 9.55 Å². The average molecular weight is 331 g/mol.